The summed E-state index contributed by atoms with van der Waals surface area (Å²) in [7, 11) is 1.82. The molecule has 1 aliphatic heterocycles. The van der Waals surface area contributed by atoms with Crippen LogP contribution in [0.25, 0.3) is 0 Å². The van der Waals surface area contributed by atoms with Crippen LogP contribution in [0.4, 0.5) is 5.82 Å². The van der Waals surface area contributed by atoms with E-state index in [4.69, 9.17) is 0 Å². The van der Waals surface area contributed by atoms with E-state index in [9.17, 15) is 4.79 Å². The summed E-state index contributed by atoms with van der Waals surface area (Å²) in [6.45, 7) is 0.810. The van der Waals surface area contributed by atoms with Crippen molar-refractivity contribution in [3.8, 4) is 0 Å². The van der Waals surface area contributed by atoms with Gasteiger partial charge in [0.15, 0.2) is 0 Å². The van der Waals surface area contributed by atoms with Gasteiger partial charge in [0.05, 0.1) is 0 Å². The monoisotopic (exact) mass is 269 g/mol. The fraction of sp³-hybridized carbons (Fsp3) is 0.400. The van der Waals surface area contributed by atoms with Crippen molar-refractivity contribution in [1.82, 2.24) is 9.88 Å². The third-order valence-electron chi connectivity index (χ3n) is 2.46. The number of pyridine rings is 1. The zero-order valence-electron chi connectivity index (χ0n) is 8.40. The van der Waals surface area contributed by atoms with E-state index in [0.29, 0.717) is 0 Å². The van der Waals surface area contributed by atoms with Gasteiger partial charge in [-0.05, 0) is 34.5 Å². The highest BCUT2D eigenvalue weighted by Gasteiger charge is 2.28. The molecule has 5 heteroatoms. The quantitative estimate of drug-likeness (QED) is 0.828. The first-order chi connectivity index (χ1) is 7.16. The van der Waals surface area contributed by atoms with Crippen LogP contribution in [-0.2, 0) is 4.79 Å². The Labute approximate surface area is 96.8 Å². The molecule has 15 heavy (non-hydrogen) atoms. The molecular formula is C10H12BrN3O. The minimum absolute atomic E-state index is 0.128. The van der Waals surface area contributed by atoms with E-state index < -0.39 is 0 Å². The number of likely N-dealkylation sites (tertiary alicyclic amines) is 1. The van der Waals surface area contributed by atoms with Crippen molar-refractivity contribution in [1.29, 1.82) is 0 Å². The molecule has 2 rings (SSSR count). The first-order valence-corrected chi connectivity index (χ1v) is 5.60. The molecule has 1 fully saturated rings. The molecule has 1 saturated heterocycles. The molecule has 1 aromatic heterocycles. The fourth-order valence-electron chi connectivity index (χ4n) is 1.62. The Bertz CT molecular complexity index is 383. The molecule has 0 saturated carbocycles. The lowest BCUT2D eigenvalue weighted by molar-refractivity contribution is -0.127. The number of nitrogens with zero attached hydrogens (tertiary/aromatic N) is 2. The highest BCUT2D eigenvalue weighted by atomic mass is 79.9. The second kappa shape index (κ2) is 4.18. The highest BCUT2D eigenvalue weighted by Crippen LogP contribution is 2.16. The third kappa shape index (κ3) is 2.28. The number of halogens is 1. The number of nitrogens with one attached hydrogen (secondary N) is 1. The van der Waals surface area contributed by atoms with Crippen molar-refractivity contribution in [2.45, 2.75) is 12.5 Å². The van der Waals surface area contributed by atoms with Crippen LogP contribution in [0.3, 0.4) is 0 Å². The van der Waals surface area contributed by atoms with Gasteiger partial charge in [0.25, 0.3) is 0 Å². The predicted octanol–water partition coefficient (Wildman–Crippen LogP) is 1.49. The number of carbonyl (C=O) groups is 1. The van der Waals surface area contributed by atoms with Crippen molar-refractivity contribution in [2.24, 2.45) is 0 Å². The van der Waals surface area contributed by atoms with Gasteiger partial charge in [-0.1, -0.05) is 6.07 Å². The molecule has 1 amide bonds. The number of likely N-dealkylation sites (N-methyl/N-ethyl adjacent to an activating group) is 1. The molecule has 0 aliphatic carbocycles. The van der Waals surface area contributed by atoms with Gasteiger partial charge in [0.1, 0.15) is 16.5 Å². The molecule has 0 radical (unpaired) electrons. The van der Waals surface area contributed by atoms with Crippen LogP contribution in [0.5, 0.6) is 0 Å². The summed E-state index contributed by atoms with van der Waals surface area (Å²) < 4.78 is 0.770. The van der Waals surface area contributed by atoms with E-state index in [-0.39, 0.29) is 11.9 Å². The van der Waals surface area contributed by atoms with E-state index in [1.807, 2.05) is 25.2 Å². The molecule has 0 spiro atoms. The second-order valence-corrected chi connectivity index (χ2v) is 4.40. The molecule has 0 bridgehead atoms. The normalized spacial score (nSPS) is 20.8. The van der Waals surface area contributed by atoms with Crippen LogP contribution in [0.2, 0.25) is 0 Å². The zero-order chi connectivity index (χ0) is 10.8. The molecule has 1 aliphatic rings. The van der Waals surface area contributed by atoms with Gasteiger partial charge in [-0.3, -0.25) is 4.79 Å². The summed E-state index contributed by atoms with van der Waals surface area (Å²) in [5.41, 5.74) is 0. The summed E-state index contributed by atoms with van der Waals surface area (Å²) in [5, 5.41) is 3.13. The number of anilines is 1. The third-order valence-corrected chi connectivity index (χ3v) is 2.91. The first kappa shape index (κ1) is 10.4. The lowest BCUT2D eigenvalue weighted by atomic mass is 10.2. The van der Waals surface area contributed by atoms with Crippen LogP contribution < -0.4 is 5.32 Å². The standard InChI is InChI=1S/C10H12BrN3O/c1-14-6-5-7(10(14)15)12-9-4-2-3-8(11)13-9/h2-4,7H,5-6H2,1H3,(H,12,13). The largest absolute Gasteiger partial charge is 0.358 e. The number of aromatic nitrogens is 1. The molecule has 1 N–H and O–H groups in total. The van der Waals surface area contributed by atoms with Gasteiger partial charge in [-0.2, -0.15) is 0 Å². The summed E-state index contributed by atoms with van der Waals surface area (Å²) in [6, 6.07) is 5.48. The maximum absolute atomic E-state index is 11.6. The smallest absolute Gasteiger partial charge is 0.244 e. The average molecular weight is 270 g/mol. The van der Waals surface area contributed by atoms with Gasteiger partial charge in [-0.25, -0.2) is 4.98 Å². The van der Waals surface area contributed by atoms with Crippen molar-refractivity contribution in [3.63, 3.8) is 0 Å². The topological polar surface area (TPSA) is 45.2 Å². The van der Waals surface area contributed by atoms with Gasteiger partial charge in [0.2, 0.25) is 5.91 Å². The first-order valence-electron chi connectivity index (χ1n) is 4.81. The Morgan fingerprint density at radius 3 is 3.00 bits per heavy atom. The van der Waals surface area contributed by atoms with Gasteiger partial charge in [0, 0.05) is 13.6 Å². The second-order valence-electron chi connectivity index (χ2n) is 3.59. The van der Waals surface area contributed by atoms with Crippen molar-refractivity contribution in [2.75, 3.05) is 18.9 Å². The van der Waals surface area contributed by atoms with Gasteiger partial charge in [-0.15, -0.1) is 0 Å². The Hall–Kier alpha value is -1.10. The SMILES string of the molecule is CN1CCC(Nc2cccc(Br)n2)C1=O. The van der Waals surface area contributed by atoms with Gasteiger partial charge < -0.3 is 10.2 Å². The predicted molar refractivity (Wildman–Crippen MR) is 61.6 cm³/mol. The zero-order valence-corrected chi connectivity index (χ0v) is 9.99. The average Bonchev–Trinajstić information content (AvgIpc) is 2.50. The number of amides is 1. The van der Waals surface area contributed by atoms with Crippen LogP contribution in [-0.4, -0.2) is 35.4 Å². The molecular weight excluding hydrogens is 258 g/mol. The van der Waals surface area contributed by atoms with Crippen LogP contribution in [0.1, 0.15) is 6.42 Å². The molecule has 0 aromatic carbocycles. The van der Waals surface area contributed by atoms with Crippen LogP contribution in [0, 0.1) is 0 Å². The highest BCUT2D eigenvalue weighted by molar-refractivity contribution is 9.10. The van der Waals surface area contributed by atoms with E-state index in [1.54, 1.807) is 4.90 Å². The summed E-state index contributed by atoms with van der Waals surface area (Å²) in [6.07, 6.45) is 0.837. The summed E-state index contributed by atoms with van der Waals surface area (Å²) in [4.78, 5) is 17.6. The summed E-state index contributed by atoms with van der Waals surface area (Å²) in [5.74, 6) is 0.870. The molecule has 1 atom stereocenters. The van der Waals surface area contributed by atoms with Crippen LogP contribution in [0.15, 0.2) is 22.8 Å². The van der Waals surface area contributed by atoms with Crippen molar-refractivity contribution < 1.29 is 4.79 Å². The Morgan fingerprint density at radius 2 is 2.40 bits per heavy atom. The lowest BCUT2D eigenvalue weighted by Gasteiger charge is -2.12. The van der Waals surface area contributed by atoms with E-state index in [1.165, 1.54) is 0 Å². The summed E-state index contributed by atoms with van der Waals surface area (Å²) >= 11 is 3.29. The van der Waals surface area contributed by atoms with E-state index in [2.05, 4.69) is 26.2 Å². The molecule has 1 aromatic rings. The molecule has 4 nitrogen and oxygen atoms in total. The van der Waals surface area contributed by atoms with E-state index in [0.717, 1.165) is 23.4 Å². The Morgan fingerprint density at radius 1 is 1.60 bits per heavy atom. The lowest BCUT2D eigenvalue weighted by Crippen LogP contribution is -2.31. The minimum atomic E-state index is -0.128. The molecule has 1 unspecified atom stereocenters. The minimum Gasteiger partial charge on any atom is -0.358 e. The number of hydrogen-bond donors (Lipinski definition) is 1. The Balaban J connectivity index is 2.06. The van der Waals surface area contributed by atoms with Gasteiger partial charge >= 0.3 is 0 Å². The van der Waals surface area contributed by atoms with Crippen molar-refractivity contribution in [3.05, 3.63) is 22.8 Å². The Kier molecular flexibility index (Phi) is 2.90. The molecule has 80 valence electrons. The number of hydrogen-bond acceptors (Lipinski definition) is 3. The fourth-order valence-corrected chi connectivity index (χ4v) is 1.97. The number of carbonyl (C=O) groups excluding carboxylic acids is 1. The number of rotatable bonds is 2. The molecule has 2 heterocycles. The van der Waals surface area contributed by atoms with E-state index >= 15 is 0 Å². The van der Waals surface area contributed by atoms with Crippen LogP contribution >= 0.6 is 15.9 Å². The maximum atomic E-state index is 11.6. The van der Waals surface area contributed by atoms with Crippen molar-refractivity contribution >= 4 is 27.7 Å². The maximum Gasteiger partial charge on any atom is 0.244 e.